The molecule has 0 spiro atoms. The smallest absolute Gasteiger partial charge is 0.338 e. The molecular weight excluding hydrogens is 666 g/mol. The molecule has 0 saturated heterocycles. The number of carbonyl (C=O) groups excluding carboxylic acids is 4. The molecule has 3 amide bonds. The van der Waals surface area contributed by atoms with Crippen LogP contribution >= 0.6 is 11.8 Å². The Morgan fingerprint density at radius 2 is 1.33 bits per heavy atom. The fraction of sp³-hybridized carbons (Fsp3) is 0.122. The van der Waals surface area contributed by atoms with E-state index in [1.54, 1.807) is 84.9 Å². The minimum absolute atomic E-state index is 0.133. The van der Waals surface area contributed by atoms with Crippen LogP contribution in [0.4, 0.5) is 15.8 Å². The number of hydrogen-bond acceptors (Lipinski definition) is 6. The molecule has 0 aliphatic carbocycles. The molecule has 5 aromatic carbocycles. The van der Waals surface area contributed by atoms with Gasteiger partial charge in [0.25, 0.3) is 11.8 Å². The van der Waals surface area contributed by atoms with Crippen molar-refractivity contribution in [1.82, 2.24) is 5.32 Å². The van der Waals surface area contributed by atoms with Crippen LogP contribution in [0.3, 0.4) is 0 Å². The second-order valence-corrected chi connectivity index (χ2v) is 12.5. The molecule has 10 heteroatoms. The van der Waals surface area contributed by atoms with Gasteiger partial charge in [0.15, 0.2) is 0 Å². The van der Waals surface area contributed by atoms with E-state index in [0.29, 0.717) is 29.1 Å². The van der Waals surface area contributed by atoms with Crippen molar-refractivity contribution >= 4 is 52.9 Å². The highest BCUT2D eigenvalue weighted by Gasteiger charge is 2.23. The lowest BCUT2D eigenvalue weighted by Crippen LogP contribution is -2.30. The number of unbranched alkanes of at least 4 members (excludes halogenated alkanes) is 1. The molecule has 0 heterocycles. The number of benzene rings is 5. The average Bonchev–Trinajstić information content (AvgIpc) is 3.16. The lowest BCUT2D eigenvalue weighted by atomic mass is 10.1. The highest BCUT2D eigenvalue weighted by atomic mass is 32.2. The van der Waals surface area contributed by atoms with Gasteiger partial charge in [0.2, 0.25) is 5.91 Å². The highest BCUT2D eigenvalue weighted by molar-refractivity contribution is 8.00. The lowest BCUT2D eigenvalue weighted by molar-refractivity contribution is -0.116. The van der Waals surface area contributed by atoms with Crippen molar-refractivity contribution in [2.24, 2.45) is 0 Å². The van der Waals surface area contributed by atoms with Crippen LogP contribution in [0.25, 0.3) is 6.08 Å². The number of carbonyl (C=O) groups is 4. The van der Waals surface area contributed by atoms with Crippen molar-refractivity contribution in [3.05, 3.63) is 167 Å². The average molecular weight is 702 g/mol. The Morgan fingerprint density at radius 3 is 2.00 bits per heavy atom. The topological polar surface area (TPSA) is 114 Å². The molecular formula is C41H36FN3O5S. The van der Waals surface area contributed by atoms with Crippen LogP contribution in [-0.4, -0.2) is 30.3 Å². The second kappa shape index (κ2) is 18.1. The molecule has 8 nitrogen and oxygen atoms in total. The third-order valence-electron chi connectivity index (χ3n) is 7.56. The zero-order chi connectivity index (χ0) is 36.0. The molecule has 5 aromatic rings. The normalized spacial score (nSPS) is 11.6. The zero-order valence-electron chi connectivity index (χ0n) is 27.8. The van der Waals surface area contributed by atoms with E-state index in [2.05, 4.69) is 16.0 Å². The van der Waals surface area contributed by atoms with E-state index in [-0.39, 0.29) is 17.2 Å². The van der Waals surface area contributed by atoms with Gasteiger partial charge in [-0.25, -0.2) is 9.18 Å². The van der Waals surface area contributed by atoms with Gasteiger partial charge in [-0.05, 0) is 84.8 Å². The highest BCUT2D eigenvalue weighted by Crippen LogP contribution is 2.37. The van der Waals surface area contributed by atoms with E-state index in [9.17, 15) is 23.6 Å². The molecule has 0 bridgehead atoms. The van der Waals surface area contributed by atoms with Gasteiger partial charge in [-0.3, -0.25) is 14.4 Å². The molecule has 3 N–H and O–H groups in total. The summed E-state index contributed by atoms with van der Waals surface area (Å²) in [7, 11) is 0. The molecule has 0 saturated carbocycles. The van der Waals surface area contributed by atoms with Crippen molar-refractivity contribution in [1.29, 1.82) is 0 Å². The number of halogens is 1. The molecule has 258 valence electrons. The molecule has 1 unspecified atom stereocenters. The quantitative estimate of drug-likeness (QED) is 0.0462. The van der Waals surface area contributed by atoms with E-state index in [0.717, 1.165) is 23.3 Å². The molecule has 0 fully saturated rings. The largest absolute Gasteiger partial charge is 0.462 e. The van der Waals surface area contributed by atoms with E-state index in [4.69, 9.17) is 4.74 Å². The summed E-state index contributed by atoms with van der Waals surface area (Å²) in [5.41, 5.74) is 2.46. The van der Waals surface area contributed by atoms with Crippen molar-refractivity contribution < 1.29 is 28.3 Å². The predicted octanol–water partition coefficient (Wildman–Crippen LogP) is 8.66. The number of hydrogen-bond donors (Lipinski definition) is 3. The number of ether oxygens (including phenoxy) is 1. The lowest BCUT2D eigenvalue weighted by Gasteiger charge is -2.18. The number of anilines is 2. The van der Waals surface area contributed by atoms with Crippen molar-refractivity contribution in [2.45, 2.75) is 29.9 Å². The summed E-state index contributed by atoms with van der Waals surface area (Å²) in [5, 5.41) is 7.69. The zero-order valence-corrected chi connectivity index (χ0v) is 28.6. The summed E-state index contributed by atoms with van der Waals surface area (Å²) >= 11 is 1.32. The molecule has 0 aliphatic rings. The summed E-state index contributed by atoms with van der Waals surface area (Å²) in [6.07, 6.45) is 3.00. The molecule has 1 atom stereocenters. The van der Waals surface area contributed by atoms with Crippen LogP contribution in [0.1, 0.15) is 56.9 Å². The first-order valence-electron chi connectivity index (χ1n) is 16.3. The first-order chi connectivity index (χ1) is 24.8. The second-order valence-electron chi connectivity index (χ2n) is 11.3. The van der Waals surface area contributed by atoms with Crippen LogP contribution in [-0.2, 0) is 14.3 Å². The van der Waals surface area contributed by atoms with Gasteiger partial charge in [0, 0.05) is 27.4 Å². The third kappa shape index (κ3) is 10.5. The van der Waals surface area contributed by atoms with Gasteiger partial charge in [-0.15, -0.1) is 11.8 Å². The summed E-state index contributed by atoms with van der Waals surface area (Å²) in [6, 6.07) is 37.1. The maximum Gasteiger partial charge on any atom is 0.338 e. The van der Waals surface area contributed by atoms with Gasteiger partial charge in [-0.1, -0.05) is 80.1 Å². The minimum atomic E-state index is -0.648. The van der Waals surface area contributed by atoms with E-state index >= 15 is 0 Å². The minimum Gasteiger partial charge on any atom is -0.462 e. The van der Waals surface area contributed by atoms with Crippen molar-refractivity contribution in [3.63, 3.8) is 0 Å². The first-order valence-corrected chi connectivity index (χ1v) is 17.2. The Bertz CT molecular complexity index is 1990. The van der Waals surface area contributed by atoms with E-state index in [1.807, 2.05) is 37.3 Å². The Hall–Kier alpha value is -6.00. The van der Waals surface area contributed by atoms with Crippen LogP contribution < -0.4 is 16.0 Å². The Kier molecular flexibility index (Phi) is 12.9. The third-order valence-corrected chi connectivity index (χ3v) is 8.83. The summed E-state index contributed by atoms with van der Waals surface area (Å²) in [5.74, 6) is -2.39. The van der Waals surface area contributed by atoms with Crippen molar-refractivity contribution in [2.75, 3.05) is 17.2 Å². The van der Waals surface area contributed by atoms with Crippen LogP contribution in [0.2, 0.25) is 0 Å². The maximum absolute atomic E-state index is 14.5. The van der Waals surface area contributed by atoms with E-state index < -0.39 is 28.9 Å². The fourth-order valence-electron chi connectivity index (χ4n) is 4.83. The van der Waals surface area contributed by atoms with Gasteiger partial charge >= 0.3 is 5.97 Å². The van der Waals surface area contributed by atoms with Gasteiger partial charge in [-0.2, -0.15) is 0 Å². The van der Waals surface area contributed by atoms with Crippen LogP contribution in [0, 0.1) is 5.82 Å². The maximum atomic E-state index is 14.5. The Balaban J connectivity index is 1.28. The number of thioether (sulfide) groups is 1. The van der Waals surface area contributed by atoms with E-state index in [1.165, 1.54) is 36.0 Å². The standard InChI is InChI=1S/C41H36FN3O5S/c1-2-3-26-50-41(49)30-18-20-32(21-19-30)44-40(48)37(28-12-6-4-7-13-28)51-34-24-22-33(23-25-34)43-39(47)36(27-31-16-10-11-17-35(31)42)45-38(46)29-14-8-5-9-15-29/h4-25,27,37H,2-3,26H2,1H3,(H,43,47)(H,44,48)(H,45,46)/b36-27-. The summed E-state index contributed by atoms with van der Waals surface area (Å²) in [4.78, 5) is 53.0. The number of amides is 3. The van der Waals surface area contributed by atoms with Gasteiger partial charge < -0.3 is 20.7 Å². The van der Waals surface area contributed by atoms with Crippen LogP contribution in [0.5, 0.6) is 0 Å². The summed E-state index contributed by atoms with van der Waals surface area (Å²) < 4.78 is 19.8. The Morgan fingerprint density at radius 1 is 0.725 bits per heavy atom. The molecule has 0 aliphatic heterocycles. The predicted molar refractivity (Wildman–Crippen MR) is 199 cm³/mol. The number of esters is 1. The van der Waals surface area contributed by atoms with Gasteiger partial charge in [0.1, 0.15) is 16.8 Å². The number of nitrogens with one attached hydrogen (secondary N) is 3. The Labute approximate surface area is 300 Å². The first kappa shape index (κ1) is 36.3. The van der Waals surface area contributed by atoms with Crippen molar-refractivity contribution in [3.8, 4) is 0 Å². The fourth-order valence-corrected chi connectivity index (χ4v) is 5.86. The SMILES string of the molecule is CCCCOC(=O)c1ccc(NC(=O)C(Sc2ccc(NC(=O)/C(=C/c3ccccc3F)NC(=O)c3ccccc3)cc2)c2ccccc2)cc1. The van der Waals surface area contributed by atoms with Gasteiger partial charge in [0.05, 0.1) is 12.2 Å². The molecule has 0 radical (unpaired) electrons. The van der Waals surface area contributed by atoms with Crippen LogP contribution in [0.15, 0.2) is 144 Å². The monoisotopic (exact) mass is 701 g/mol. The molecule has 5 rings (SSSR count). The summed E-state index contributed by atoms with van der Waals surface area (Å²) in [6.45, 7) is 2.38. The molecule has 51 heavy (non-hydrogen) atoms. The molecule has 0 aromatic heterocycles. The number of rotatable bonds is 14.